The van der Waals surface area contributed by atoms with E-state index in [4.69, 9.17) is 4.74 Å². The van der Waals surface area contributed by atoms with Gasteiger partial charge in [0, 0.05) is 18.8 Å². The molecule has 0 aliphatic rings. The van der Waals surface area contributed by atoms with Gasteiger partial charge in [0.15, 0.2) is 11.5 Å². The highest BCUT2D eigenvalue weighted by atomic mass is 19.4. The van der Waals surface area contributed by atoms with E-state index in [1.807, 2.05) is 0 Å². The maximum Gasteiger partial charge on any atom is 0.417 e. The van der Waals surface area contributed by atoms with Crippen LogP contribution in [0.5, 0.6) is 17.2 Å². The third-order valence-electron chi connectivity index (χ3n) is 2.69. The molecule has 0 fully saturated rings. The quantitative estimate of drug-likeness (QED) is 0.860. The number of hydrogen-bond donors (Lipinski definition) is 1. The Hall–Kier alpha value is -2.50. The van der Waals surface area contributed by atoms with Crippen LogP contribution in [0.3, 0.4) is 0 Å². The summed E-state index contributed by atoms with van der Waals surface area (Å²) in [4.78, 5) is 3.60. The lowest BCUT2D eigenvalue weighted by Crippen LogP contribution is -2.09. The zero-order valence-corrected chi connectivity index (χ0v) is 11.1. The van der Waals surface area contributed by atoms with Gasteiger partial charge in [0.2, 0.25) is 0 Å². The van der Waals surface area contributed by atoms with E-state index in [1.54, 1.807) is 12.1 Å². The molecule has 0 unspecified atom stereocenters. The molecule has 0 radical (unpaired) electrons. The Morgan fingerprint density at radius 2 is 1.86 bits per heavy atom. The first-order chi connectivity index (χ1) is 9.91. The maximum atomic E-state index is 13.0. The third-order valence-corrected chi connectivity index (χ3v) is 2.69. The van der Waals surface area contributed by atoms with E-state index in [9.17, 15) is 18.3 Å². The lowest BCUT2D eigenvalue weighted by molar-refractivity contribution is -0.137. The van der Waals surface area contributed by atoms with Crippen molar-refractivity contribution in [1.29, 1.82) is 0 Å². The largest absolute Gasteiger partial charge is 0.504 e. The van der Waals surface area contributed by atoms with E-state index in [0.29, 0.717) is 0 Å². The predicted molar refractivity (Wildman–Crippen MR) is 73.1 cm³/mol. The van der Waals surface area contributed by atoms with Gasteiger partial charge in [-0.1, -0.05) is 12.1 Å². The number of rotatable bonds is 3. The van der Waals surface area contributed by atoms with Gasteiger partial charge in [-0.05, 0) is 30.3 Å². The number of ether oxygens (including phenoxy) is 1. The number of nitrogens with zero attached hydrogens (tertiary/aromatic N) is 1. The summed E-state index contributed by atoms with van der Waals surface area (Å²) < 4.78 is 44.3. The average Bonchev–Trinajstić information content (AvgIpc) is 2.42. The first kappa shape index (κ1) is 14.9. The highest BCUT2D eigenvalue weighted by Gasteiger charge is 2.33. The topological polar surface area (TPSA) is 41.8 Å². The Morgan fingerprint density at radius 3 is 2.48 bits per heavy atom. The number of aliphatic imine (C=N–C) groups is 1. The molecule has 6 heteroatoms. The van der Waals surface area contributed by atoms with Crippen LogP contribution in [0.4, 0.5) is 13.2 Å². The van der Waals surface area contributed by atoms with Crippen LogP contribution in [0, 0.1) is 0 Å². The molecule has 1 N–H and O–H groups in total. The molecule has 3 nitrogen and oxygen atoms in total. The highest BCUT2D eigenvalue weighted by Crippen LogP contribution is 2.36. The molecule has 0 heterocycles. The Labute approximate surface area is 119 Å². The summed E-state index contributed by atoms with van der Waals surface area (Å²) in [6.07, 6.45) is -3.39. The van der Waals surface area contributed by atoms with Gasteiger partial charge in [0.25, 0.3) is 0 Å². The minimum Gasteiger partial charge on any atom is -0.504 e. The van der Waals surface area contributed by atoms with Crippen molar-refractivity contribution < 1.29 is 23.0 Å². The van der Waals surface area contributed by atoms with E-state index in [0.717, 1.165) is 12.3 Å². The molecule has 0 bridgehead atoms. The molecule has 21 heavy (non-hydrogen) atoms. The number of para-hydroxylation sites is 2. The minimum absolute atomic E-state index is 0.0166. The number of alkyl halides is 3. The summed E-state index contributed by atoms with van der Waals surface area (Å²) in [5, 5.41) is 9.57. The minimum atomic E-state index is -4.52. The van der Waals surface area contributed by atoms with Gasteiger partial charge in [-0.3, -0.25) is 4.99 Å². The Balaban J connectivity index is 2.41. The Kier molecular flexibility index (Phi) is 4.16. The second-order valence-electron chi connectivity index (χ2n) is 4.20. The summed E-state index contributed by atoms with van der Waals surface area (Å²) in [7, 11) is 1.40. The van der Waals surface area contributed by atoms with Crippen LogP contribution in [0.2, 0.25) is 0 Å². The molecule has 110 valence electrons. The maximum absolute atomic E-state index is 13.0. The van der Waals surface area contributed by atoms with Crippen molar-refractivity contribution in [2.45, 2.75) is 6.18 Å². The lowest BCUT2D eigenvalue weighted by atomic mass is 10.1. The Bertz CT molecular complexity index is 666. The van der Waals surface area contributed by atoms with Crippen LogP contribution in [-0.2, 0) is 6.18 Å². The fraction of sp³-hybridized carbons (Fsp3) is 0.133. The average molecular weight is 295 g/mol. The Morgan fingerprint density at radius 1 is 1.14 bits per heavy atom. The van der Waals surface area contributed by atoms with Crippen molar-refractivity contribution in [3.8, 4) is 17.2 Å². The molecular weight excluding hydrogens is 283 g/mol. The van der Waals surface area contributed by atoms with E-state index in [2.05, 4.69) is 4.99 Å². The van der Waals surface area contributed by atoms with Gasteiger partial charge in [0.05, 0.1) is 5.56 Å². The number of aromatic hydroxyl groups is 1. The second kappa shape index (κ2) is 5.87. The van der Waals surface area contributed by atoms with Crippen molar-refractivity contribution in [3.05, 3.63) is 53.6 Å². The predicted octanol–water partition coefficient (Wildman–Crippen LogP) is 4.25. The van der Waals surface area contributed by atoms with Crippen molar-refractivity contribution >= 4 is 6.21 Å². The van der Waals surface area contributed by atoms with Gasteiger partial charge >= 0.3 is 6.18 Å². The van der Waals surface area contributed by atoms with Crippen LogP contribution in [-0.4, -0.2) is 18.4 Å². The number of phenolic OH excluding ortho intramolecular Hbond substituents is 1. The van der Waals surface area contributed by atoms with E-state index in [1.165, 1.54) is 31.3 Å². The smallest absolute Gasteiger partial charge is 0.417 e. The molecule has 2 aromatic carbocycles. The first-order valence-electron chi connectivity index (χ1n) is 6.01. The number of halogens is 3. The molecule has 2 rings (SSSR count). The van der Waals surface area contributed by atoms with Gasteiger partial charge in [0.1, 0.15) is 5.75 Å². The molecule has 0 spiro atoms. The fourth-order valence-corrected chi connectivity index (χ4v) is 1.77. The van der Waals surface area contributed by atoms with Gasteiger partial charge < -0.3 is 9.84 Å². The SMILES string of the molecule is CN=Cc1ccc(Oc2ccccc2O)cc1C(F)(F)F. The molecule has 2 aromatic rings. The van der Waals surface area contributed by atoms with E-state index in [-0.39, 0.29) is 22.8 Å². The van der Waals surface area contributed by atoms with Gasteiger partial charge in [-0.15, -0.1) is 0 Å². The summed E-state index contributed by atoms with van der Waals surface area (Å²) in [6.45, 7) is 0. The highest BCUT2D eigenvalue weighted by molar-refractivity contribution is 5.82. The summed E-state index contributed by atoms with van der Waals surface area (Å²) in [6, 6.07) is 9.58. The van der Waals surface area contributed by atoms with E-state index >= 15 is 0 Å². The van der Waals surface area contributed by atoms with Crippen LogP contribution >= 0.6 is 0 Å². The third kappa shape index (κ3) is 3.53. The summed E-state index contributed by atoms with van der Waals surface area (Å²) in [5.41, 5.74) is -0.893. The summed E-state index contributed by atoms with van der Waals surface area (Å²) in [5.74, 6) is -0.0788. The first-order valence-corrected chi connectivity index (χ1v) is 6.01. The van der Waals surface area contributed by atoms with Crippen molar-refractivity contribution in [2.75, 3.05) is 7.05 Å². The van der Waals surface area contributed by atoms with Crippen LogP contribution in [0.15, 0.2) is 47.5 Å². The normalized spacial score (nSPS) is 11.8. The number of benzene rings is 2. The van der Waals surface area contributed by atoms with E-state index < -0.39 is 11.7 Å². The molecular formula is C15H12F3NO2. The van der Waals surface area contributed by atoms with Crippen LogP contribution in [0.1, 0.15) is 11.1 Å². The molecule has 0 amide bonds. The van der Waals surface area contributed by atoms with Crippen molar-refractivity contribution in [1.82, 2.24) is 0 Å². The molecule has 0 saturated heterocycles. The monoisotopic (exact) mass is 295 g/mol. The number of phenols is 1. The second-order valence-corrected chi connectivity index (χ2v) is 4.20. The zero-order valence-electron chi connectivity index (χ0n) is 11.1. The standard InChI is InChI=1S/C15H12F3NO2/c1-19-9-10-6-7-11(8-12(10)15(16,17)18)21-14-5-3-2-4-13(14)20/h2-9,20H,1H3. The molecule has 0 atom stereocenters. The molecule has 0 aliphatic carbocycles. The van der Waals surface area contributed by atoms with Crippen LogP contribution in [0.25, 0.3) is 0 Å². The lowest BCUT2D eigenvalue weighted by Gasteiger charge is -2.13. The number of hydrogen-bond acceptors (Lipinski definition) is 3. The van der Waals surface area contributed by atoms with Crippen LogP contribution < -0.4 is 4.74 Å². The van der Waals surface area contributed by atoms with Crippen molar-refractivity contribution in [2.24, 2.45) is 4.99 Å². The zero-order chi connectivity index (χ0) is 15.5. The molecule has 0 aliphatic heterocycles. The molecule has 0 saturated carbocycles. The fourth-order valence-electron chi connectivity index (χ4n) is 1.77. The van der Waals surface area contributed by atoms with Crippen molar-refractivity contribution in [3.63, 3.8) is 0 Å². The van der Waals surface area contributed by atoms with Gasteiger partial charge in [-0.2, -0.15) is 13.2 Å². The molecule has 0 aromatic heterocycles. The summed E-state index contributed by atoms with van der Waals surface area (Å²) >= 11 is 0. The van der Waals surface area contributed by atoms with Gasteiger partial charge in [-0.25, -0.2) is 0 Å².